The van der Waals surface area contributed by atoms with Gasteiger partial charge in [-0.2, -0.15) is 4.98 Å². The van der Waals surface area contributed by atoms with Gasteiger partial charge in [0, 0.05) is 18.7 Å². The smallest absolute Gasteiger partial charge is 0.316 e. The van der Waals surface area contributed by atoms with Crippen molar-refractivity contribution in [1.29, 1.82) is 0 Å². The van der Waals surface area contributed by atoms with E-state index >= 15 is 0 Å². The highest BCUT2D eigenvalue weighted by molar-refractivity contribution is 7.89. The number of carbonyl (C=O) groups is 1. The molecule has 0 bridgehead atoms. The number of aromatic nitrogens is 2. The zero-order valence-electron chi connectivity index (χ0n) is 16.5. The van der Waals surface area contributed by atoms with Gasteiger partial charge >= 0.3 is 11.8 Å². The number of piperidine rings is 1. The Bertz CT molecular complexity index is 1130. The van der Waals surface area contributed by atoms with E-state index in [1.807, 2.05) is 0 Å². The average Bonchev–Trinajstić information content (AvgIpc) is 3.45. The first-order valence-electron chi connectivity index (χ1n) is 9.70. The first kappa shape index (κ1) is 20.3. The SMILES string of the molecule is Cc1ccc(-c2noc(C(=O)N3CCCCC3)n2)cc1S(=O)(=O)NCc1ccco1. The third-order valence-corrected chi connectivity index (χ3v) is 6.55. The number of furan rings is 1. The van der Waals surface area contributed by atoms with E-state index < -0.39 is 10.0 Å². The summed E-state index contributed by atoms with van der Waals surface area (Å²) in [6.07, 6.45) is 4.50. The van der Waals surface area contributed by atoms with Gasteiger partial charge in [-0.15, -0.1) is 0 Å². The van der Waals surface area contributed by atoms with Crippen LogP contribution >= 0.6 is 0 Å². The molecule has 0 radical (unpaired) electrons. The summed E-state index contributed by atoms with van der Waals surface area (Å²) >= 11 is 0. The maximum atomic E-state index is 12.8. The van der Waals surface area contributed by atoms with Gasteiger partial charge in [-0.05, 0) is 49.9 Å². The molecule has 1 aliphatic rings. The molecular weight excluding hydrogens is 408 g/mol. The van der Waals surface area contributed by atoms with E-state index in [1.165, 1.54) is 12.3 Å². The first-order valence-corrected chi connectivity index (χ1v) is 11.2. The summed E-state index contributed by atoms with van der Waals surface area (Å²) in [5.41, 5.74) is 1.01. The van der Waals surface area contributed by atoms with Gasteiger partial charge in [-0.1, -0.05) is 17.3 Å². The van der Waals surface area contributed by atoms with Gasteiger partial charge in [-0.25, -0.2) is 13.1 Å². The molecule has 10 heteroatoms. The Morgan fingerprint density at radius 2 is 2.00 bits per heavy atom. The molecule has 0 aliphatic carbocycles. The van der Waals surface area contributed by atoms with Crippen molar-refractivity contribution >= 4 is 15.9 Å². The van der Waals surface area contributed by atoms with Crippen LogP contribution in [0.15, 0.2) is 50.4 Å². The molecule has 158 valence electrons. The van der Waals surface area contributed by atoms with E-state index in [0.717, 1.165) is 19.3 Å². The standard InChI is InChI=1S/C20H22N4O5S/c1-14-7-8-15(12-17(14)30(26,27)21-13-16-6-5-11-28-16)18-22-19(29-23-18)20(25)24-9-3-2-4-10-24/h5-8,11-12,21H,2-4,9-10,13H2,1H3. The predicted octanol–water partition coefficient (Wildman–Crippen LogP) is 2.74. The van der Waals surface area contributed by atoms with Crippen LogP contribution in [-0.4, -0.2) is 42.5 Å². The van der Waals surface area contributed by atoms with Crippen molar-refractivity contribution in [3.8, 4) is 11.4 Å². The summed E-state index contributed by atoms with van der Waals surface area (Å²) in [7, 11) is -3.80. The molecule has 1 amide bonds. The fourth-order valence-corrected chi connectivity index (χ4v) is 4.61. The average molecular weight is 430 g/mol. The highest BCUT2D eigenvalue weighted by atomic mass is 32.2. The molecule has 0 saturated carbocycles. The Morgan fingerprint density at radius 1 is 1.20 bits per heavy atom. The van der Waals surface area contributed by atoms with Crippen LogP contribution in [-0.2, 0) is 16.6 Å². The number of sulfonamides is 1. The van der Waals surface area contributed by atoms with Crippen molar-refractivity contribution in [1.82, 2.24) is 19.8 Å². The molecule has 0 unspecified atom stereocenters. The van der Waals surface area contributed by atoms with E-state index in [-0.39, 0.29) is 29.1 Å². The Labute approximate surface area is 174 Å². The number of aryl methyl sites for hydroxylation is 1. The van der Waals surface area contributed by atoms with Crippen LogP contribution in [0.4, 0.5) is 0 Å². The lowest BCUT2D eigenvalue weighted by Crippen LogP contribution is -2.35. The van der Waals surface area contributed by atoms with Crippen LogP contribution < -0.4 is 4.72 Å². The maximum absolute atomic E-state index is 12.8. The lowest BCUT2D eigenvalue weighted by molar-refractivity contribution is 0.0674. The highest BCUT2D eigenvalue weighted by Gasteiger charge is 2.25. The summed E-state index contributed by atoms with van der Waals surface area (Å²) in [4.78, 5) is 18.5. The zero-order valence-corrected chi connectivity index (χ0v) is 17.3. The highest BCUT2D eigenvalue weighted by Crippen LogP contribution is 2.24. The predicted molar refractivity (Wildman–Crippen MR) is 107 cm³/mol. The second-order valence-electron chi connectivity index (χ2n) is 7.16. The summed E-state index contributed by atoms with van der Waals surface area (Å²) in [6, 6.07) is 8.21. The largest absolute Gasteiger partial charge is 0.468 e. The number of nitrogens with one attached hydrogen (secondary N) is 1. The van der Waals surface area contributed by atoms with Crippen LogP contribution in [0.5, 0.6) is 0 Å². The van der Waals surface area contributed by atoms with E-state index in [2.05, 4.69) is 14.9 Å². The van der Waals surface area contributed by atoms with Gasteiger partial charge in [-0.3, -0.25) is 4.79 Å². The van der Waals surface area contributed by atoms with Gasteiger partial charge in [0.05, 0.1) is 17.7 Å². The second kappa shape index (κ2) is 8.41. The lowest BCUT2D eigenvalue weighted by Gasteiger charge is -2.24. The van der Waals surface area contributed by atoms with Crippen molar-refractivity contribution in [3.63, 3.8) is 0 Å². The number of carbonyl (C=O) groups excluding carboxylic acids is 1. The van der Waals surface area contributed by atoms with Crippen LogP contribution in [0.25, 0.3) is 11.4 Å². The van der Waals surface area contributed by atoms with Crippen molar-refractivity contribution in [3.05, 3.63) is 53.8 Å². The van der Waals surface area contributed by atoms with E-state index in [4.69, 9.17) is 8.94 Å². The van der Waals surface area contributed by atoms with Crippen LogP contribution in [0.1, 0.15) is 41.3 Å². The second-order valence-corrected chi connectivity index (χ2v) is 8.90. The molecular formula is C20H22N4O5S. The van der Waals surface area contributed by atoms with Crippen LogP contribution in [0.3, 0.4) is 0 Å². The van der Waals surface area contributed by atoms with Gasteiger partial charge in [0.1, 0.15) is 5.76 Å². The molecule has 1 aromatic carbocycles. The number of benzene rings is 1. The Balaban J connectivity index is 1.56. The Kier molecular flexibility index (Phi) is 5.69. The topological polar surface area (TPSA) is 119 Å². The zero-order chi connectivity index (χ0) is 21.1. The number of likely N-dealkylation sites (tertiary alicyclic amines) is 1. The number of hydrogen-bond acceptors (Lipinski definition) is 7. The molecule has 4 rings (SSSR count). The fourth-order valence-electron chi connectivity index (χ4n) is 3.35. The van der Waals surface area contributed by atoms with Gasteiger partial charge in [0.2, 0.25) is 15.8 Å². The van der Waals surface area contributed by atoms with E-state index in [0.29, 0.717) is 30.0 Å². The van der Waals surface area contributed by atoms with Crippen molar-refractivity contribution in [2.45, 2.75) is 37.6 Å². The summed E-state index contributed by atoms with van der Waals surface area (Å²) in [6.45, 7) is 3.08. The molecule has 1 saturated heterocycles. The number of amides is 1. The van der Waals surface area contributed by atoms with E-state index in [9.17, 15) is 13.2 Å². The first-order chi connectivity index (χ1) is 14.4. The molecule has 1 aliphatic heterocycles. The molecule has 1 N–H and O–H groups in total. The summed E-state index contributed by atoms with van der Waals surface area (Å²) < 4.78 is 38.4. The minimum atomic E-state index is -3.80. The Hall–Kier alpha value is -2.98. The van der Waals surface area contributed by atoms with Gasteiger partial charge in [0.25, 0.3) is 0 Å². The molecule has 3 heterocycles. The lowest BCUT2D eigenvalue weighted by atomic mass is 10.1. The van der Waals surface area contributed by atoms with Crippen LogP contribution in [0, 0.1) is 6.92 Å². The van der Waals surface area contributed by atoms with Gasteiger partial charge in [0.15, 0.2) is 0 Å². The number of rotatable bonds is 6. The molecule has 0 spiro atoms. The Morgan fingerprint density at radius 3 is 2.73 bits per heavy atom. The maximum Gasteiger partial charge on any atom is 0.316 e. The molecule has 9 nitrogen and oxygen atoms in total. The monoisotopic (exact) mass is 430 g/mol. The van der Waals surface area contributed by atoms with Gasteiger partial charge < -0.3 is 13.8 Å². The third-order valence-electron chi connectivity index (χ3n) is 5.00. The fraction of sp³-hybridized carbons (Fsp3) is 0.350. The minimum Gasteiger partial charge on any atom is -0.468 e. The van der Waals surface area contributed by atoms with Crippen LogP contribution in [0.2, 0.25) is 0 Å². The normalized spacial score (nSPS) is 14.8. The molecule has 3 aromatic rings. The quantitative estimate of drug-likeness (QED) is 0.639. The minimum absolute atomic E-state index is 0.0374. The molecule has 30 heavy (non-hydrogen) atoms. The summed E-state index contributed by atoms with van der Waals surface area (Å²) in [5, 5.41) is 3.88. The van der Waals surface area contributed by atoms with Crippen molar-refractivity contribution in [2.75, 3.05) is 13.1 Å². The molecule has 2 aromatic heterocycles. The van der Waals surface area contributed by atoms with E-state index in [1.54, 1.807) is 36.1 Å². The van der Waals surface area contributed by atoms with Crippen molar-refractivity contribution in [2.24, 2.45) is 0 Å². The molecule has 1 fully saturated rings. The molecule has 0 atom stereocenters. The number of hydrogen-bond donors (Lipinski definition) is 1. The van der Waals surface area contributed by atoms with Crippen molar-refractivity contribution < 1.29 is 22.2 Å². The summed E-state index contributed by atoms with van der Waals surface area (Å²) in [5.74, 6) is 0.283. The third kappa shape index (κ3) is 4.29. The number of nitrogens with zero attached hydrogens (tertiary/aromatic N) is 3.